The minimum Gasteiger partial charge on any atom is -0.494 e. The summed E-state index contributed by atoms with van der Waals surface area (Å²) in [4.78, 5) is 40.1. The van der Waals surface area contributed by atoms with Gasteiger partial charge >= 0.3 is 17.9 Å². The second kappa shape index (κ2) is 23.5. The first-order chi connectivity index (χ1) is 28.4. The number of carbonyl (C=O) groups is 3. The van der Waals surface area contributed by atoms with E-state index >= 15 is 0 Å². The number of hydrogen-bond donors (Lipinski definition) is 0. The highest BCUT2D eigenvalue weighted by molar-refractivity contribution is 5.92. The van der Waals surface area contributed by atoms with E-state index in [0.29, 0.717) is 96.7 Å². The van der Waals surface area contributed by atoms with E-state index in [1.807, 2.05) is 36.4 Å². The summed E-state index contributed by atoms with van der Waals surface area (Å²) in [5.74, 6) is 2.68. The molecule has 0 aliphatic carbocycles. The fourth-order valence-electron chi connectivity index (χ4n) is 5.58. The number of esters is 3. The maximum atomic E-state index is 13.2. The molecule has 0 amide bonds. The molecule has 304 valence electrons. The molecule has 0 saturated carbocycles. The molecule has 4 aromatic carbocycles. The summed E-state index contributed by atoms with van der Waals surface area (Å²) in [5.41, 5.74) is 1.58. The molecule has 12 heteroatoms. The van der Waals surface area contributed by atoms with Gasteiger partial charge in [0, 0.05) is 30.0 Å². The molecule has 1 aliphatic rings. The van der Waals surface area contributed by atoms with Crippen molar-refractivity contribution in [2.45, 2.75) is 51.4 Å². The lowest BCUT2D eigenvalue weighted by molar-refractivity contribution is -0.138. The van der Waals surface area contributed by atoms with Crippen molar-refractivity contribution >= 4 is 29.8 Å². The van der Waals surface area contributed by atoms with Gasteiger partial charge in [-0.25, -0.2) is 14.4 Å². The third-order valence-electron chi connectivity index (χ3n) is 8.65. The van der Waals surface area contributed by atoms with Gasteiger partial charge in [0.2, 0.25) is 0 Å². The quantitative estimate of drug-likeness (QED) is 0.0221. The number of fused-ring (bicyclic) bond motifs is 1. The van der Waals surface area contributed by atoms with Gasteiger partial charge in [0.05, 0.1) is 37.7 Å². The molecule has 0 unspecified atom stereocenters. The van der Waals surface area contributed by atoms with Gasteiger partial charge in [-0.3, -0.25) is 4.99 Å². The molecule has 0 saturated heterocycles. The first kappa shape index (κ1) is 42.6. The van der Waals surface area contributed by atoms with Crippen molar-refractivity contribution in [3.05, 3.63) is 121 Å². The van der Waals surface area contributed by atoms with Crippen LogP contribution in [0.4, 0.5) is 5.69 Å². The van der Waals surface area contributed by atoms with Crippen molar-refractivity contribution in [2.24, 2.45) is 4.99 Å². The molecule has 5 rings (SSSR count). The summed E-state index contributed by atoms with van der Waals surface area (Å²) in [7, 11) is 0. The van der Waals surface area contributed by atoms with Gasteiger partial charge in [0.15, 0.2) is 11.5 Å². The molecule has 0 bridgehead atoms. The number of nitrogens with zero attached hydrogens (tertiary/aromatic N) is 1. The van der Waals surface area contributed by atoms with Crippen LogP contribution in [0.3, 0.4) is 0 Å². The molecule has 4 aromatic rings. The Morgan fingerprint density at radius 2 is 1.12 bits per heavy atom. The van der Waals surface area contributed by atoms with Gasteiger partial charge in [0.1, 0.15) is 42.0 Å². The molecule has 1 heterocycles. The summed E-state index contributed by atoms with van der Waals surface area (Å²) in [6.07, 6.45) is 11.0. The fourth-order valence-corrected chi connectivity index (χ4v) is 5.58. The number of hydrogen-bond acceptors (Lipinski definition) is 12. The molecule has 0 aromatic heterocycles. The van der Waals surface area contributed by atoms with Crippen molar-refractivity contribution in [2.75, 3.05) is 39.6 Å². The Balaban J connectivity index is 1.16. The molecule has 0 atom stereocenters. The molecule has 58 heavy (non-hydrogen) atoms. The number of unbranched alkanes of at least 4 members (excludes halogenated alkanes) is 6. The van der Waals surface area contributed by atoms with Crippen LogP contribution in [0.5, 0.6) is 40.2 Å². The molecule has 12 nitrogen and oxygen atoms in total. The molecule has 0 fully saturated rings. The van der Waals surface area contributed by atoms with Crippen LogP contribution in [0.1, 0.15) is 67.3 Å². The van der Waals surface area contributed by atoms with Crippen molar-refractivity contribution in [1.29, 1.82) is 0 Å². The van der Waals surface area contributed by atoms with Crippen LogP contribution in [0.2, 0.25) is 0 Å². The largest absolute Gasteiger partial charge is 0.494 e. The number of ether oxygens (including phenoxy) is 8. The second-order valence-electron chi connectivity index (χ2n) is 13.0. The Labute approximate surface area is 339 Å². The Morgan fingerprint density at radius 1 is 0.586 bits per heavy atom. The highest BCUT2D eigenvalue weighted by atomic mass is 16.6. The highest BCUT2D eigenvalue weighted by Gasteiger charge is 2.14. The number of rotatable bonds is 24. The van der Waals surface area contributed by atoms with E-state index in [2.05, 4.69) is 18.2 Å². The number of aliphatic imine (C=N–C) groups is 1. The van der Waals surface area contributed by atoms with Gasteiger partial charge in [-0.1, -0.05) is 13.2 Å². The lowest BCUT2D eigenvalue weighted by atomic mass is 10.2. The van der Waals surface area contributed by atoms with Crippen molar-refractivity contribution < 1.29 is 52.3 Å². The summed E-state index contributed by atoms with van der Waals surface area (Å²) in [6.45, 7) is 9.58. The van der Waals surface area contributed by atoms with E-state index in [1.54, 1.807) is 54.7 Å². The zero-order valence-corrected chi connectivity index (χ0v) is 32.6. The monoisotopic (exact) mass is 791 g/mol. The van der Waals surface area contributed by atoms with E-state index in [9.17, 15) is 14.4 Å². The zero-order valence-electron chi connectivity index (χ0n) is 32.6. The SMILES string of the molecule is C=CC(=O)OCCCCCCOc1ccc(Oc2ccc(OC(=O)c3ccc(OCCCCCCOC(=O)C=C)cc3)cc2/C=N/c2ccc3c(c2)OCCO3)cc1. The smallest absolute Gasteiger partial charge is 0.343 e. The summed E-state index contributed by atoms with van der Waals surface area (Å²) < 4.78 is 45.1. The van der Waals surface area contributed by atoms with Crippen molar-refractivity contribution in [3.8, 4) is 40.2 Å². The molecule has 0 N–H and O–H groups in total. The van der Waals surface area contributed by atoms with Crippen molar-refractivity contribution in [1.82, 2.24) is 0 Å². The molecule has 0 spiro atoms. The van der Waals surface area contributed by atoms with Crippen LogP contribution in [0, 0.1) is 0 Å². The molecule has 1 aliphatic heterocycles. The van der Waals surface area contributed by atoms with Crippen LogP contribution in [-0.2, 0) is 19.1 Å². The average molecular weight is 792 g/mol. The lowest BCUT2D eigenvalue weighted by Crippen LogP contribution is -2.14. The predicted octanol–water partition coefficient (Wildman–Crippen LogP) is 9.56. The van der Waals surface area contributed by atoms with Crippen LogP contribution < -0.4 is 28.4 Å². The van der Waals surface area contributed by atoms with Gasteiger partial charge in [-0.2, -0.15) is 0 Å². The van der Waals surface area contributed by atoms with E-state index in [0.717, 1.165) is 57.4 Å². The normalized spacial score (nSPS) is 11.7. The Kier molecular flexibility index (Phi) is 17.2. The van der Waals surface area contributed by atoms with Crippen LogP contribution in [-0.4, -0.2) is 63.8 Å². The van der Waals surface area contributed by atoms with Crippen LogP contribution >= 0.6 is 0 Å². The summed E-state index contributed by atoms with van der Waals surface area (Å²) >= 11 is 0. The van der Waals surface area contributed by atoms with E-state index in [1.165, 1.54) is 6.08 Å². The van der Waals surface area contributed by atoms with Gasteiger partial charge < -0.3 is 37.9 Å². The van der Waals surface area contributed by atoms with E-state index in [-0.39, 0.29) is 0 Å². The van der Waals surface area contributed by atoms with Crippen molar-refractivity contribution in [3.63, 3.8) is 0 Å². The topological polar surface area (TPSA) is 137 Å². The van der Waals surface area contributed by atoms with Gasteiger partial charge in [-0.05, 0) is 130 Å². The Bertz CT molecular complexity index is 1990. The van der Waals surface area contributed by atoms with Crippen LogP contribution in [0.15, 0.2) is 115 Å². The third kappa shape index (κ3) is 14.5. The summed E-state index contributed by atoms with van der Waals surface area (Å²) in [5, 5.41) is 0. The first-order valence-electron chi connectivity index (χ1n) is 19.4. The molecule has 0 radical (unpaired) electrons. The zero-order chi connectivity index (χ0) is 40.8. The standard InChI is InChI=1S/C46H49NO11/c1-3-44(48)55-27-11-7-5-9-25-51-37-16-13-34(14-17-37)46(50)58-40-22-24-41(35(31-40)33-47-36-15-23-42-43(32-36)54-30-29-53-42)57-39-20-18-38(19-21-39)52-26-10-6-8-12-28-56-45(49)4-2/h3-4,13-24,31-33H,1-2,5-12,25-30H2/b47-33+. The Hall–Kier alpha value is -6.56. The molecular weight excluding hydrogens is 743 g/mol. The highest BCUT2D eigenvalue weighted by Crippen LogP contribution is 2.35. The summed E-state index contributed by atoms with van der Waals surface area (Å²) in [6, 6.07) is 24.6. The lowest BCUT2D eigenvalue weighted by Gasteiger charge is -2.18. The van der Waals surface area contributed by atoms with Gasteiger partial charge in [0.25, 0.3) is 0 Å². The second-order valence-corrected chi connectivity index (χ2v) is 13.0. The number of carbonyl (C=O) groups excluding carboxylic acids is 3. The fraction of sp³-hybridized carbons (Fsp3) is 0.304. The van der Waals surface area contributed by atoms with E-state index in [4.69, 9.17) is 37.9 Å². The van der Waals surface area contributed by atoms with Crippen LogP contribution in [0.25, 0.3) is 0 Å². The third-order valence-corrected chi connectivity index (χ3v) is 8.65. The molecular formula is C46H49NO11. The first-order valence-corrected chi connectivity index (χ1v) is 19.4. The maximum absolute atomic E-state index is 13.2. The predicted molar refractivity (Wildman–Crippen MR) is 219 cm³/mol. The maximum Gasteiger partial charge on any atom is 0.343 e. The number of benzene rings is 4. The van der Waals surface area contributed by atoms with E-state index < -0.39 is 17.9 Å². The minimum absolute atomic E-state index is 0.307. The average Bonchev–Trinajstić information content (AvgIpc) is 3.25. The Morgan fingerprint density at radius 3 is 1.72 bits per heavy atom. The minimum atomic E-state index is -0.531. The van der Waals surface area contributed by atoms with Gasteiger partial charge in [-0.15, -0.1) is 0 Å².